The fraction of sp³-hybridized carbons (Fsp3) is 0.217. The van der Waals surface area contributed by atoms with Crippen molar-refractivity contribution in [3.63, 3.8) is 0 Å². The van der Waals surface area contributed by atoms with Gasteiger partial charge in [0.1, 0.15) is 23.5 Å². The Kier molecular flexibility index (Phi) is 3.13. The lowest BCUT2D eigenvalue weighted by atomic mass is 9.77. The molecule has 3 aliphatic heterocycles. The van der Waals surface area contributed by atoms with Gasteiger partial charge in [-0.3, -0.25) is 9.78 Å². The molecule has 5 nitrogen and oxygen atoms in total. The van der Waals surface area contributed by atoms with Gasteiger partial charge in [0.25, 0.3) is 0 Å². The highest BCUT2D eigenvalue weighted by Gasteiger charge is 2.57. The van der Waals surface area contributed by atoms with Crippen molar-refractivity contribution in [2.24, 2.45) is 0 Å². The van der Waals surface area contributed by atoms with E-state index in [0.717, 1.165) is 46.0 Å². The van der Waals surface area contributed by atoms with E-state index in [1.54, 1.807) is 6.20 Å². The first kappa shape index (κ1) is 15.7. The molecule has 0 bridgehead atoms. The number of para-hydroxylation sites is 1. The number of nitrogens with zero attached hydrogens (tertiary/aromatic N) is 2. The standard InChI is InChI=1S/C23H18N2O3/c26-22-23(14-28-21-11-15-8-10-27-20(15)12-18(21)23)17-6-1-2-7-19(17)25(22)13-16-5-3-4-9-24-16/h1-7,9,11-12H,8,10,13-14H2. The van der Waals surface area contributed by atoms with Crippen LogP contribution in [0, 0.1) is 0 Å². The van der Waals surface area contributed by atoms with E-state index in [2.05, 4.69) is 4.98 Å². The number of fused-ring (bicyclic) bond motifs is 5. The van der Waals surface area contributed by atoms with Crippen LogP contribution >= 0.6 is 0 Å². The number of aromatic nitrogens is 1. The summed E-state index contributed by atoms with van der Waals surface area (Å²) in [6.07, 6.45) is 2.64. The molecule has 0 radical (unpaired) electrons. The first-order chi connectivity index (χ1) is 13.8. The Morgan fingerprint density at radius 1 is 1.00 bits per heavy atom. The minimum atomic E-state index is -0.818. The Hall–Kier alpha value is -3.34. The molecule has 6 rings (SSSR count). The van der Waals surface area contributed by atoms with Crippen LogP contribution in [-0.2, 0) is 23.2 Å². The van der Waals surface area contributed by atoms with Gasteiger partial charge in [-0.05, 0) is 35.9 Å². The summed E-state index contributed by atoms with van der Waals surface area (Å²) in [5.74, 6) is 1.71. The van der Waals surface area contributed by atoms with E-state index in [1.165, 1.54) is 0 Å². The number of rotatable bonds is 2. The Bertz CT molecular complexity index is 1110. The largest absolute Gasteiger partial charge is 0.493 e. The Morgan fingerprint density at radius 3 is 2.79 bits per heavy atom. The fourth-order valence-electron chi connectivity index (χ4n) is 4.65. The number of hydrogen-bond acceptors (Lipinski definition) is 4. The predicted molar refractivity (Wildman–Crippen MR) is 104 cm³/mol. The summed E-state index contributed by atoms with van der Waals surface area (Å²) in [5, 5.41) is 0. The average Bonchev–Trinajstić information content (AvgIpc) is 3.40. The van der Waals surface area contributed by atoms with Crippen molar-refractivity contribution >= 4 is 11.6 Å². The maximum Gasteiger partial charge on any atom is 0.246 e. The second-order valence-electron chi connectivity index (χ2n) is 7.48. The Labute approximate surface area is 162 Å². The summed E-state index contributed by atoms with van der Waals surface area (Å²) in [6.45, 7) is 1.44. The van der Waals surface area contributed by atoms with E-state index >= 15 is 0 Å². The molecule has 0 N–H and O–H groups in total. The second-order valence-corrected chi connectivity index (χ2v) is 7.48. The van der Waals surface area contributed by atoms with Crippen molar-refractivity contribution in [3.8, 4) is 11.5 Å². The summed E-state index contributed by atoms with van der Waals surface area (Å²) in [4.78, 5) is 20.1. The number of pyridine rings is 1. The lowest BCUT2D eigenvalue weighted by Gasteiger charge is -2.23. The molecular formula is C23H18N2O3. The molecule has 2 aromatic carbocycles. The molecule has 0 saturated carbocycles. The lowest BCUT2D eigenvalue weighted by Crippen LogP contribution is -2.42. The number of carbonyl (C=O) groups is 1. The first-order valence-electron chi connectivity index (χ1n) is 9.52. The normalized spacial score (nSPS) is 21.3. The Morgan fingerprint density at radius 2 is 1.89 bits per heavy atom. The van der Waals surface area contributed by atoms with Crippen LogP contribution in [0.15, 0.2) is 60.8 Å². The van der Waals surface area contributed by atoms with Crippen LogP contribution in [0.5, 0.6) is 11.5 Å². The molecule has 1 amide bonds. The fourth-order valence-corrected chi connectivity index (χ4v) is 4.65. The third-order valence-electron chi connectivity index (χ3n) is 6.01. The molecule has 28 heavy (non-hydrogen) atoms. The van der Waals surface area contributed by atoms with Gasteiger partial charge in [0.2, 0.25) is 5.91 Å². The van der Waals surface area contributed by atoms with Crippen LogP contribution in [0.25, 0.3) is 0 Å². The van der Waals surface area contributed by atoms with E-state index in [0.29, 0.717) is 19.8 Å². The zero-order valence-corrected chi connectivity index (χ0v) is 15.2. The highest BCUT2D eigenvalue weighted by molar-refractivity contribution is 6.11. The molecule has 0 fully saturated rings. The number of amides is 1. The third-order valence-corrected chi connectivity index (χ3v) is 6.01. The third kappa shape index (κ3) is 1.96. The smallest absolute Gasteiger partial charge is 0.246 e. The molecule has 1 spiro atoms. The predicted octanol–water partition coefficient (Wildman–Crippen LogP) is 3.24. The van der Waals surface area contributed by atoms with Crippen molar-refractivity contribution in [3.05, 3.63) is 83.2 Å². The highest BCUT2D eigenvalue weighted by Crippen LogP contribution is 2.54. The van der Waals surface area contributed by atoms with Crippen LogP contribution in [0.1, 0.15) is 22.4 Å². The molecule has 1 atom stereocenters. The summed E-state index contributed by atoms with van der Waals surface area (Å²) in [5.41, 5.74) is 4.03. The average molecular weight is 370 g/mol. The molecule has 5 heteroatoms. The maximum absolute atomic E-state index is 13.8. The van der Waals surface area contributed by atoms with Gasteiger partial charge in [-0.1, -0.05) is 24.3 Å². The van der Waals surface area contributed by atoms with Crippen LogP contribution in [0.2, 0.25) is 0 Å². The summed E-state index contributed by atoms with van der Waals surface area (Å²) in [7, 11) is 0. The Balaban J connectivity index is 1.52. The van der Waals surface area contributed by atoms with E-state index in [1.807, 2.05) is 59.5 Å². The molecule has 1 unspecified atom stereocenters. The van der Waals surface area contributed by atoms with Crippen molar-refractivity contribution in [2.45, 2.75) is 18.4 Å². The van der Waals surface area contributed by atoms with Crippen molar-refractivity contribution < 1.29 is 14.3 Å². The van der Waals surface area contributed by atoms with E-state index in [-0.39, 0.29) is 5.91 Å². The lowest BCUT2D eigenvalue weighted by molar-refractivity contribution is -0.122. The zero-order valence-electron chi connectivity index (χ0n) is 15.2. The molecule has 3 aliphatic rings. The number of anilines is 1. The minimum Gasteiger partial charge on any atom is -0.493 e. The van der Waals surface area contributed by atoms with Gasteiger partial charge in [0.15, 0.2) is 0 Å². The monoisotopic (exact) mass is 370 g/mol. The molecule has 4 heterocycles. The quantitative estimate of drug-likeness (QED) is 0.695. The van der Waals surface area contributed by atoms with Gasteiger partial charge in [0.05, 0.1) is 18.8 Å². The summed E-state index contributed by atoms with van der Waals surface area (Å²) >= 11 is 0. The number of carbonyl (C=O) groups excluding carboxylic acids is 1. The molecule has 1 aromatic heterocycles. The van der Waals surface area contributed by atoms with E-state index in [4.69, 9.17) is 9.47 Å². The van der Waals surface area contributed by atoms with Crippen LogP contribution in [0.3, 0.4) is 0 Å². The number of benzene rings is 2. The molecule has 3 aromatic rings. The van der Waals surface area contributed by atoms with Crippen LogP contribution in [0.4, 0.5) is 5.69 Å². The van der Waals surface area contributed by atoms with Gasteiger partial charge in [-0.15, -0.1) is 0 Å². The van der Waals surface area contributed by atoms with Crippen LogP contribution < -0.4 is 14.4 Å². The maximum atomic E-state index is 13.8. The second kappa shape index (κ2) is 5.58. The molecule has 0 aliphatic carbocycles. The highest BCUT2D eigenvalue weighted by atomic mass is 16.5. The van der Waals surface area contributed by atoms with Crippen molar-refractivity contribution in [1.82, 2.24) is 4.98 Å². The number of ether oxygens (including phenoxy) is 2. The first-order valence-corrected chi connectivity index (χ1v) is 9.52. The van der Waals surface area contributed by atoms with Gasteiger partial charge >= 0.3 is 0 Å². The van der Waals surface area contributed by atoms with Crippen molar-refractivity contribution in [2.75, 3.05) is 18.1 Å². The van der Waals surface area contributed by atoms with Gasteiger partial charge in [-0.2, -0.15) is 0 Å². The van der Waals surface area contributed by atoms with Crippen LogP contribution in [-0.4, -0.2) is 24.1 Å². The van der Waals surface area contributed by atoms with Gasteiger partial charge in [-0.25, -0.2) is 0 Å². The van der Waals surface area contributed by atoms with E-state index in [9.17, 15) is 4.79 Å². The molecule has 0 saturated heterocycles. The SMILES string of the molecule is O=C1N(Cc2ccccn2)c2ccccc2C12COc1cc3c(cc12)OCC3. The zero-order chi connectivity index (χ0) is 18.7. The minimum absolute atomic E-state index is 0.0380. The topological polar surface area (TPSA) is 51.7 Å². The van der Waals surface area contributed by atoms with E-state index < -0.39 is 5.41 Å². The number of hydrogen-bond donors (Lipinski definition) is 0. The summed E-state index contributed by atoms with van der Waals surface area (Å²) < 4.78 is 11.9. The molecular weight excluding hydrogens is 352 g/mol. The molecule has 138 valence electrons. The summed E-state index contributed by atoms with van der Waals surface area (Å²) in [6, 6.07) is 17.8. The van der Waals surface area contributed by atoms with Gasteiger partial charge < -0.3 is 14.4 Å². The van der Waals surface area contributed by atoms with Gasteiger partial charge in [0, 0.05) is 29.4 Å². The van der Waals surface area contributed by atoms with Crippen molar-refractivity contribution in [1.29, 1.82) is 0 Å².